The number of hydrogen-bond donors (Lipinski definition) is 0. The molecule has 4 nitrogen and oxygen atoms in total. The fourth-order valence-corrected chi connectivity index (χ4v) is 3.73. The van der Waals surface area contributed by atoms with Crippen LogP contribution in [0.25, 0.3) is 0 Å². The molecule has 2 aromatic carbocycles. The molecule has 0 bridgehead atoms. The lowest BCUT2D eigenvalue weighted by Crippen LogP contribution is -2.44. The molecule has 2 heterocycles. The van der Waals surface area contributed by atoms with Crippen molar-refractivity contribution in [3.8, 4) is 0 Å². The Morgan fingerprint density at radius 3 is 2.17 bits per heavy atom. The van der Waals surface area contributed by atoms with Gasteiger partial charge >= 0.3 is 7.12 Å². The Morgan fingerprint density at radius 2 is 1.57 bits per heavy atom. The number of hydrogen-bond acceptors (Lipinski definition) is 3. The van der Waals surface area contributed by atoms with Gasteiger partial charge in [0.1, 0.15) is 0 Å². The maximum absolute atomic E-state index is 15.0. The summed E-state index contributed by atoms with van der Waals surface area (Å²) in [6, 6.07) is 9.44. The average Bonchev–Trinajstić information content (AvgIpc) is 2.99. The fraction of sp³-hybridized carbons (Fsp3) is 0.381. The van der Waals surface area contributed by atoms with E-state index >= 15 is 0 Å². The highest BCUT2D eigenvalue weighted by Crippen LogP contribution is 2.38. The topological polar surface area (TPSA) is 38.8 Å². The van der Waals surface area contributed by atoms with Crippen LogP contribution in [0.4, 0.5) is 8.78 Å². The Balaban J connectivity index is 1.64. The summed E-state index contributed by atoms with van der Waals surface area (Å²) in [7, 11) is 11.3. The molecule has 2 aliphatic heterocycles. The number of carbonyl (C=O) groups excluding carboxylic acids is 1. The number of halogens is 2. The predicted molar refractivity (Wildman–Crippen MR) is 112 cm³/mol. The van der Waals surface area contributed by atoms with Gasteiger partial charge in [0.2, 0.25) is 0 Å². The van der Waals surface area contributed by atoms with Crippen LogP contribution >= 0.6 is 0 Å². The van der Waals surface area contributed by atoms with Gasteiger partial charge in [0, 0.05) is 23.1 Å². The standard InChI is InChI=1S/C21H20B3F2NO3/c1-19(2)20(3,4)30-24(29-19)15-10-9-12(16(25)17(15)26)11-27-18(28)13-7-5-6-8-14(13)21(27,22)23/h5-10H,11H2,1-4H3. The Bertz CT molecular complexity index is 1030. The third-order valence-electron chi connectivity index (χ3n) is 6.31. The fourth-order valence-electron chi connectivity index (χ4n) is 3.73. The third kappa shape index (κ3) is 3.02. The number of amides is 1. The van der Waals surface area contributed by atoms with Gasteiger partial charge in [0.05, 0.1) is 26.9 Å². The Kier molecular flexibility index (Phi) is 4.71. The zero-order valence-electron chi connectivity index (χ0n) is 17.3. The molecule has 4 rings (SSSR count). The molecular weight excluding hydrogens is 385 g/mol. The van der Waals surface area contributed by atoms with E-state index in [9.17, 15) is 13.6 Å². The smallest absolute Gasteiger partial charge is 0.399 e. The van der Waals surface area contributed by atoms with E-state index in [-0.39, 0.29) is 17.6 Å². The van der Waals surface area contributed by atoms with Crippen LogP contribution in [0, 0.1) is 11.6 Å². The minimum absolute atomic E-state index is 0.0438. The quantitative estimate of drug-likeness (QED) is 0.737. The SMILES string of the molecule is [B]C1([B])c2ccccc2C(=O)N1Cc1ccc(B2OC(C)(C)C(C)(C)O2)c(F)c1F. The van der Waals surface area contributed by atoms with Gasteiger partial charge in [0.25, 0.3) is 5.91 Å². The first-order valence-electron chi connectivity index (χ1n) is 9.68. The van der Waals surface area contributed by atoms with Gasteiger partial charge in [0.15, 0.2) is 11.6 Å². The molecule has 0 saturated carbocycles. The molecule has 2 aliphatic rings. The molecule has 9 heteroatoms. The minimum Gasteiger partial charge on any atom is -0.399 e. The number of fused-ring (bicyclic) bond motifs is 1. The van der Waals surface area contributed by atoms with E-state index < -0.39 is 41.2 Å². The molecule has 0 unspecified atom stereocenters. The zero-order valence-corrected chi connectivity index (χ0v) is 17.3. The largest absolute Gasteiger partial charge is 0.497 e. The summed E-state index contributed by atoms with van der Waals surface area (Å²) in [5, 5.41) is -1.62. The van der Waals surface area contributed by atoms with Gasteiger partial charge in [-0.2, -0.15) is 0 Å². The van der Waals surface area contributed by atoms with E-state index in [2.05, 4.69) is 0 Å². The van der Waals surface area contributed by atoms with Gasteiger partial charge in [-0.15, -0.1) is 0 Å². The molecule has 150 valence electrons. The summed E-state index contributed by atoms with van der Waals surface area (Å²) >= 11 is 0. The maximum Gasteiger partial charge on any atom is 0.497 e. The molecule has 1 amide bonds. The predicted octanol–water partition coefficient (Wildman–Crippen LogP) is 2.37. The summed E-state index contributed by atoms with van der Waals surface area (Å²) in [6.45, 7) is 7.03. The van der Waals surface area contributed by atoms with Crippen LogP contribution in [-0.2, 0) is 21.2 Å². The maximum atomic E-state index is 15.0. The second kappa shape index (κ2) is 6.69. The second-order valence-electron chi connectivity index (χ2n) is 8.79. The molecular formula is C21H20B3F2NO3. The molecule has 0 aromatic heterocycles. The molecule has 0 aliphatic carbocycles. The normalized spacial score (nSPS) is 21.2. The monoisotopic (exact) mass is 405 g/mol. The van der Waals surface area contributed by atoms with Crippen molar-refractivity contribution in [3.63, 3.8) is 0 Å². The summed E-state index contributed by atoms with van der Waals surface area (Å²) in [5.41, 5.74) is -0.689. The first-order chi connectivity index (χ1) is 13.9. The van der Waals surface area contributed by atoms with Crippen molar-refractivity contribution in [1.82, 2.24) is 4.90 Å². The van der Waals surface area contributed by atoms with E-state index in [0.717, 1.165) is 4.90 Å². The van der Waals surface area contributed by atoms with Crippen LogP contribution in [0.5, 0.6) is 0 Å². The van der Waals surface area contributed by atoms with Gasteiger partial charge in [-0.1, -0.05) is 30.3 Å². The molecule has 0 atom stereocenters. The van der Waals surface area contributed by atoms with E-state index in [1.54, 1.807) is 24.3 Å². The minimum atomic E-state index is -1.62. The van der Waals surface area contributed by atoms with Crippen molar-refractivity contribution in [2.75, 3.05) is 0 Å². The van der Waals surface area contributed by atoms with Crippen LogP contribution in [-0.4, -0.2) is 44.8 Å². The van der Waals surface area contributed by atoms with Crippen LogP contribution in [0.1, 0.15) is 49.2 Å². The van der Waals surface area contributed by atoms with Gasteiger partial charge in [-0.25, -0.2) is 8.78 Å². The van der Waals surface area contributed by atoms with Crippen molar-refractivity contribution < 1.29 is 22.9 Å². The summed E-state index contributed by atoms with van der Waals surface area (Å²) in [4.78, 5) is 13.9. The van der Waals surface area contributed by atoms with E-state index in [4.69, 9.17) is 25.0 Å². The lowest BCUT2D eigenvalue weighted by atomic mass is 9.58. The van der Waals surface area contributed by atoms with Crippen molar-refractivity contribution in [2.45, 2.75) is 50.8 Å². The van der Waals surface area contributed by atoms with E-state index in [1.807, 2.05) is 27.7 Å². The molecule has 0 spiro atoms. The van der Waals surface area contributed by atoms with E-state index in [0.29, 0.717) is 11.1 Å². The summed E-state index contributed by atoms with van der Waals surface area (Å²) < 4.78 is 41.5. The molecule has 30 heavy (non-hydrogen) atoms. The van der Waals surface area contributed by atoms with Crippen LogP contribution in [0.3, 0.4) is 0 Å². The summed E-state index contributed by atoms with van der Waals surface area (Å²) in [5.74, 6) is -2.62. The average molecular weight is 405 g/mol. The lowest BCUT2D eigenvalue weighted by Gasteiger charge is -2.34. The Morgan fingerprint density at radius 1 is 0.967 bits per heavy atom. The van der Waals surface area contributed by atoms with Crippen molar-refractivity contribution in [2.24, 2.45) is 0 Å². The van der Waals surface area contributed by atoms with Crippen LogP contribution in [0.15, 0.2) is 36.4 Å². The third-order valence-corrected chi connectivity index (χ3v) is 6.31. The van der Waals surface area contributed by atoms with Crippen molar-refractivity contribution in [1.29, 1.82) is 0 Å². The number of rotatable bonds is 3. The van der Waals surface area contributed by atoms with Gasteiger partial charge < -0.3 is 14.2 Å². The van der Waals surface area contributed by atoms with Crippen molar-refractivity contribution in [3.05, 3.63) is 64.7 Å². The molecule has 2 aromatic rings. The molecule has 1 fully saturated rings. The van der Waals surface area contributed by atoms with Crippen LogP contribution < -0.4 is 5.46 Å². The Labute approximate surface area is 177 Å². The molecule has 4 radical (unpaired) electrons. The number of carbonyl (C=O) groups is 1. The van der Waals surface area contributed by atoms with Crippen LogP contribution in [0.2, 0.25) is 0 Å². The highest BCUT2D eigenvalue weighted by molar-refractivity contribution is 6.62. The molecule has 0 N–H and O–H groups in total. The first-order valence-corrected chi connectivity index (χ1v) is 9.68. The zero-order chi connectivity index (χ0) is 22.1. The second-order valence-corrected chi connectivity index (χ2v) is 8.79. The van der Waals surface area contributed by atoms with Gasteiger partial charge in [-0.05, 0) is 44.7 Å². The number of benzene rings is 2. The van der Waals surface area contributed by atoms with Crippen molar-refractivity contribution >= 4 is 34.2 Å². The lowest BCUT2D eigenvalue weighted by molar-refractivity contribution is 0.00578. The summed E-state index contributed by atoms with van der Waals surface area (Å²) in [6.07, 6.45) is 0. The highest BCUT2D eigenvalue weighted by Gasteiger charge is 2.52. The van der Waals surface area contributed by atoms with E-state index in [1.165, 1.54) is 12.1 Å². The van der Waals surface area contributed by atoms with Gasteiger partial charge in [-0.3, -0.25) is 4.79 Å². The first kappa shape index (κ1) is 21.1. The number of nitrogens with zero attached hydrogens (tertiary/aromatic N) is 1. The molecule has 1 saturated heterocycles. The Hall–Kier alpha value is -2.12. The highest BCUT2D eigenvalue weighted by atomic mass is 19.2.